The van der Waals surface area contributed by atoms with E-state index in [2.05, 4.69) is 43.5 Å². The van der Waals surface area contributed by atoms with Gasteiger partial charge in [0.05, 0.1) is 25.4 Å². The molecule has 0 aromatic heterocycles. The van der Waals surface area contributed by atoms with Gasteiger partial charge < -0.3 is 20.3 Å². The van der Waals surface area contributed by atoms with E-state index < -0.39 is 12.1 Å². The van der Waals surface area contributed by atoms with Gasteiger partial charge in [-0.1, -0.05) is 294 Å². The summed E-state index contributed by atoms with van der Waals surface area (Å²) in [6, 6.07) is -0.630. The third-order valence-corrected chi connectivity index (χ3v) is 15.1. The van der Waals surface area contributed by atoms with Gasteiger partial charge in [-0.2, -0.15) is 0 Å². The first-order valence-electron chi connectivity index (χ1n) is 32.8. The number of carbonyl (C=O) groups is 2. The molecule has 0 aliphatic rings. The minimum atomic E-state index is -0.846. The number of nitrogens with one attached hydrogen (secondary N) is 1. The number of rotatable bonds is 61. The topological polar surface area (TPSA) is 95.9 Å². The summed E-state index contributed by atoms with van der Waals surface area (Å²) in [4.78, 5) is 24.5. The minimum absolute atomic E-state index is 0.0103. The molecule has 0 heterocycles. The summed E-state index contributed by atoms with van der Waals surface area (Å²) >= 11 is 0. The van der Waals surface area contributed by atoms with Crippen LogP contribution in [0.4, 0.5) is 0 Å². The summed E-state index contributed by atoms with van der Waals surface area (Å²) < 4.78 is 5.50. The summed E-state index contributed by atoms with van der Waals surface area (Å²) in [7, 11) is 0. The van der Waals surface area contributed by atoms with Crippen LogP contribution in [0.5, 0.6) is 0 Å². The van der Waals surface area contributed by atoms with E-state index in [0.717, 1.165) is 44.9 Å². The van der Waals surface area contributed by atoms with Crippen LogP contribution >= 0.6 is 0 Å². The zero-order valence-corrected chi connectivity index (χ0v) is 49.1. The van der Waals surface area contributed by atoms with Crippen LogP contribution in [0, 0.1) is 0 Å². The first-order valence-corrected chi connectivity index (χ1v) is 32.8. The van der Waals surface area contributed by atoms with Crippen LogP contribution < -0.4 is 5.32 Å². The van der Waals surface area contributed by atoms with Crippen molar-refractivity contribution >= 4 is 11.9 Å². The molecular weight excluding hydrogens is 899 g/mol. The zero-order valence-electron chi connectivity index (χ0n) is 49.1. The number of allylic oxidation sites excluding steroid dienone is 5. The Hall–Kier alpha value is -1.92. The van der Waals surface area contributed by atoms with Gasteiger partial charge in [0.1, 0.15) is 0 Å². The Morgan fingerprint density at radius 1 is 0.370 bits per heavy atom. The zero-order chi connectivity index (χ0) is 52.9. The van der Waals surface area contributed by atoms with Gasteiger partial charge in [-0.05, 0) is 83.5 Å². The molecule has 2 unspecified atom stereocenters. The Morgan fingerprint density at radius 3 is 0.973 bits per heavy atom. The standard InChI is InChI=1S/C67H127NO5/c1-3-5-7-9-11-13-15-17-18-19-30-33-37-41-45-49-53-57-61-67(72)73-62-58-54-50-46-42-38-34-31-28-26-24-22-20-21-23-25-27-29-32-36-40-44-48-52-56-60-66(71)68-64(63-69)65(70)59-55-51-47-43-39-35-16-14-12-10-8-6-4-2/h18-19,21,23,55,59,64-65,69-70H,3-17,20,22,24-54,56-58,60-63H2,1-2H3,(H,68,71)/b19-18-,23-21-,59-55+. The summed E-state index contributed by atoms with van der Waals surface area (Å²) in [6.07, 6.45) is 79.1. The van der Waals surface area contributed by atoms with Crippen molar-refractivity contribution in [2.45, 2.75) is 366 Å². The van der Waals surface area contributed by atoms with Gasteiger partial charge >= 0.3 is 5.97 Å². The van der Waals surface area contributed by atoms with Crippen molar-refractivity contribution in [1.82, 2.24) is 5.32 Å². The molecule has 6 heteroatoms. The summed E-state index contributed by atoms with van der Waals surface area (Å²) in [6.45, 7) is 4.91. The monoisotopic (exact) mass is 1030 g/mol. The Morgan fingerprint density at radius 2 is 0.644 bits per heavy atom. The quantitative estimate of drug-likeness (QED) is 0.0320. The largest absolute Gasteiger partial charge is 0.466 e. The molecule has 0 spiro atoms. The van der Waals surface area contributed by atoms with Crippen LogP contribution in [0.25, 0.3) is 0 Å². The van der Waals surface area contributed by atoms with E-state index >= 15 is 0 Å². The molecule has 6 nitrogen and oxygen atoms in total. The van der Waals surface area contributed by atoms with Crippen LogP contribution in [0.2, 0.25) is 0 Å². The van der Waals surface area contributed by atoms with E-state index in [-0.39, 0.29) is 18.5 Å². The number of aliphatic hydroxyl groups excluding tert-OH is 2. The first-order chi connectivity index (χ1) is 36.0. The lowest BCUT2D eigenvalue weighted by molar-refractivity contribution is -0.143. The summed E-state index contributed by atoms with van der Waals surface area (Å²) in [5, 5.41) is 23.1. The average Bonchev–Trinajstić information content (AvgIpc) is 3.39. The molecule has 0 bridgehead atoms. The highest BCUT2D eigenvalue weighted by Crippen LogP contribution is 2.17. The van der Waals surface area contributed by atoms with Gasteiger partial charge in [-0.3, -0.25) is 9.59 Å². The molecule has 0 aromatic rings. The van der Waals surface area contributed by atoms with Crippen LogP contribution in [0.3, 0.4) is 0 Å². The second-order valence-corrected chi connectivity index (χ2v) is 22.4. The lowest BCUT2D eigenvalue weighted by Gasteiger charge is -2.20. The predicted molar refractivity (Wildman–Crippen MR) is 319 cm³/mol. The third kappa shape index (κ3) is 59.2. The molecule has 0 aliphatic carbocycles. The predicted octanol–water partition coefficient (Wildman–Crippen LogP) is 20.8. The fourth-order valence-electron chi connectivity index (χ4n) is 10.1. The number of aliphatic hydroxyl groups is 2. The van der Waals surface area contributed by atoms with Crippen molar-refractivity contribution in [1.29, 1.82) is 0 Å². The van der Waals surface area contributed by atoms with Crippen molar-refractivity contribution in [3.05, 3.63) is 36.5 Å². The number of hydrogen-bond donors (Lipinski definition) is 3. The SMILES string of the molecule is CCCCCCCCC/C=C\CCCCCCCCCC(=O)OCCCCCCCCCCCCCC/C=C\CCCCCCCCCCCC(=O)NC(CO)C(O)/C=C/CCCCCCCCCCCCC. The van der Waals surface area contributed by atoms with Crippen molar-refractivity contribution in [3.8, 4) is 0 Å². The molecule has 0 aromatic carbocycles. The molecule has 0 fully saturated rings. The Balaban J connectivity index is 3.39. The van der Waals surface area contributed by atoms with Gasteiger partial charge in [-0.25, -0.2) is 0 Å². The number of ether oxygens (including phenoxy) is 1. The van der Waals surface area contributed by atoms with Gasteiger partial charge in [0, 0.05) is 12.8 Å². The molecule has 0 aliphatic heterocycles. The average molecular weight is 1030 g/mol. The van der Waals surface area contributed by atoms with E-state index in [0.29, 0.717) is 19.4 Å². The van der Waals surface area contributed by atoms with Crippen LogP contribution in [0.15, 0.2) is 36.5 Å². The molecule has 0 saturated carbocycles. The lowest BCUT2D eigenvalue weighted by Crippen LogP contribution is -2.45. The van der Waals surface area contributed by atoms with Crippen molar-refractivity contribution in [2.75, 3.05) is 13.2 Å². The Labute approximate surface area is 455 Å². The highest BCUT2D eigenvalue weighted by Gasteiger charge is 2.18. The van der Waals surface area contributed by atoms with Gasteiger partial charge in [0.2, 0.25) is 5.91 Å². The fourth-order valence-corrected chi connectivity index (χ4v) is 10.1. The molecular formula is C67H127NO5. The molecule has 2 atom stereocenters. The number of amides is 1. The molecule has 1 amide bonds. The maximum atomic E-state index is 12.5. The van der Waals surface area contributed by atoms with Gasteiger partial charge in [-0.15, -0.1) is 0 Å². The number of unbranched alkanes of at least 4 members (excludes halogenated alkanes) is 46. The first kappa shape index (κ1) is 71.1. The maximum Gasteiger partial charge on any atom is 0.305 e. The van der Waals surface area contributed by atoms with Crippen LogP contribution in [0.1, 0.15) is 354 Å². The number of esters is 1. The Bertz CT molecular complexity index is 1180. The van der Waals surface area contributed by atoms with E-state index in [9.17, 15) is 19.8 Å². The molecule has 73 heavy (non-hydrogen) atoms. The van der Waals surface area contributed by atoms with Crippen molar-refractivity contribution < 1.29 is 24.5 Å². The number of hydrogen-bond acceptors (Lipinski definition) is 5. The van der Waals surface area contributed by atoms with Gasteiger partial charge in [0.15, 0.2) is 0 Å². The van der Waals surface area contributed by atoms with Crippen molar-refractivity contribution in [2.24, 2.45) is 0 Å². The highest BCUT2D eigenvalue weighted by atomic mass is 16.5. The smallest absolute Gasteiger partial charge is 0.305 e. The molecule has 0 rings (SSSR count). The minimum Gasteiger partial charge on any atom is -0.466 e. The highest BCUT2D eigenvalue weighted by molar-refractivity contribution is 5.76. The fraction of sp³-hybridized carbons (Fsp3) is 0.881. The van der Waals surface area contributed by atoms with Crippen LogP contribution in [-0.4, -0.2) is 47.4 Å². The summed E-state index contributed by atoms with van der Waals surface area (Å²) in [5.41, 5.74) is 0. The van der Waals surface area contributed by atoms with Crippen LogP contribution in [-0.2, 0) is 14.3 Å². The maximum absolute atomic E-state index is 12.5. The molecule has 0 radical (unpaired) electrons. The molecule has 3 N–H and O–H groups in total. The van der Waals surface area contributed by atoms with E-state index in [1.54, 1.807) is 6.08 Å². The van der Waals surface area contributed by atoms with E-state index in [4.69, 9.17) is 4.74 Å². The second-order valence-electron chi connectivity index (χ2n) is 22.4. The second kappa shape index (κ2) is 62.6. The number of carbonyl (C=O) groups excluding carboxylic acids is 2. The normalized spacial score (nSPS) is 12.8. The lowest BCUT2D eigenvalue weighted by atomic mass is 10.0. The van der Waals surface area contributed by atoms with Gasteiger partial charge in [0.25, 0.3) is 0 Å². The summed E-state index contributed by atoms with van der Waals surface area (Å²) in [5.74, 6) is -0.0603. The molecule has 430 valence electrons. The van der Waals surface area contributed by atoms with Crippen molar-refractivity contribution in [3.63, 3.8) is 0 Å². The third-order valence-electron chi connectivity index (χ3n) is 15.1. The Kier molecular flexibility index (Phi) is 61.0. The van der Waals surface area contributed by atoms with E-state index in [1.807, 2.05) is 6.08 Å². The van der Waals surface area contributed by atoms with E-state index in [1.165, 1.54) is 283 Å². The molecule has 0 saturated heterocycles.